The largest absolute Gasteiger partial charge is 0.490 e. The smallest absolute Gasteiger partial charge is 0.475 e. The topological polar surface area (TPSA) is 183 Å². The number of nitrogens with two attached hydrogens (primary N) is 1. The van der Waals surface area contributed by atoms with Gasteiger partial charge in [0, 0.05) is 28.8 Å². The van der Waals surface area contributed by atoms with Gasteiger partial charge in [-0.05, 0) is 61.8 Å². The number of oxime groups is 1. The minimum atomic E-state index is -5.08. The van der Waals surface area contributed by atoms with Crippen molar-refractivity contribution in [2.24, 2.45) is 10.9 Å². The van der Waals surface area contributed by atoms with E-state index in [1.807, 2.05) is 6.07 Å². The predicted octanol–water partition coefficient (Wildman–Crippen LogP) is 3.66. The second-order valence-electron chi connectivity index (χ2n) is 9.63. The number of hydrogen-bond donors (Lipinski definition) is 6. The van der Waals surface area contributed by atoms with Crippen molar-refractivity contribution in [1.82, 2.24) is 5.32 Å². The Kier molecular flexibility index (Phi) is 10.4. The first kappa shape index (κ1) is 32.9. The van der Waals surface area contributed by atoms with Crippen LogP contribution in [-0.2, 0) is 19.4 Å². The fourth-order valence-electron chi connectivity index (χ4n) is 4.36. The molecule has 1 saturated heterocycles. The number of sulfone groups is 1. The van der Waals surface area contributed by atoms with Gasteiger partial charge in [-0.25, -0.2) is 13.2 Å². The SMILES string of the molecule is CS(=O)(=O)c1ccccc1-c1ccc(NC(=O)C2(Nc3cccc(/C(N)=N\O)c3)CCNCC2)cc1.O=C(O)C(F)(F)F. The summed E-state index contributed by atoms with van der Waals surface area (Å²) in [6, 6.07) is 21.0. The molecule has 4 rings (SSSR count). The number of carboxylic acid groups (broad SMARTS) is 1. The summed E-state index contributed by atoms with van der Waals surface area (Å²) in [7, 11) is -3.39. The summed E-state index contributed by atoms with van der Waals surface area (Å²) in [5.74, 6) is -2.95. The molecule has 1 aliphatic heterocycles. The maximum atomic E-state index is 13.5. The van der Waals surface area contributed by atoms with E-state index >= 15 is 0 Å². The van der Waals surface area contributed by atoms with Crippen LogP contribution in [0.25, 0.3) is 11.1 Å². The van der Waals surface area contributed by atoms with Gasteiger partial charge in [-0.2, -0.15) is 13.2 Å². The highest BCUT2D eigenvalue weighted by Crippen LogP contribution is 2.30. The number of amides is 1. The molecule has 1 heterocycles. The molecule has 0 aromatic heterocycles. The van der Waals surface area contributed by atoms with Crippen LogP contribution in [-0.4, -0.2) is 67.5 Å². The number of anilines is 2. The first-order valence-electron chi connectivity index (χ1n) is 12.7. The number of piperidine rings is 1. The van der Waals surface area contributed by atoms with Crippen LogP contribution in [0.3, 0.4) is 0 Å². The molecular formula is C28H30F3N5O6S. The number of carbonyl (C=O) groups is 2. The number of benzene rings is 3. The zero-order chi connectivity index (χ0) is 31.8. The van der Waals surface area contributed by atoms with E-state index in [-0.39, 0.29) is 16.6 Å². The third-order valence-corrected chi connectivity index (χ3v) is 7.68. The second-order valence-corrected chi connectivity index (χ2v) is 11.6. The molecule has 0 bridgehead atoms. The Morgan fingerprint density at radius 1 is 0.977 bits per heavy atom. The first-order valence-corrected chi connectivity index (χ1v) is 14.6. The molecule has 43 heavy (non-hydrogen) atoms. The predicted molar refractivity (Wildman–Crippen MR) is 155 cm³/mol. The van der Waals surface area contributed by atoms with Gasteiger partial charge in [-0.1, -0.05) is 47.6 Å². The molecule has 11 nitrogen and oxygen atoms in total. The van der Waals surface area contributed by atoms with Gasteiger partial charge >= 0.3 is 12.1 Å². The van der Waals surface area contributed by atoms with Crippen LogP contribution in [0.1, 0.15) is 18.4 Å². The zero-order valence-electron chi connectivity index (χ0n) is 22.9. The van der Waals surface area contributed by atoms with Crippen LogP contribution in [0.5, 0.6) is 0 Å². The van der Waals surface area contributed by atoms with E-state index < -0.39 is 27.5 Å². The minimum Gasteiger partial charge on any atom is -0.475 e. The molecule has 0 atom stereocenters. The normalized spacial score (nSPS) is 15.0. The van der Waals surface area contributed by atoms with E-state index in [9.17, 15) is 26.4 Å². The van der Waals surface area contributed by atoms with Crippen LogP contribution in [0.15, 0.2) is 82.8 Å². The Balaban J connectivity index is 0.000000646. The molecule has 1 fully saturated rings. The van der Waals surface area contributed by atoms with Gasteiger partial charge in [0.25, 0.3) is 0 Å². The van der Waals surface area contributed by atoms with Crippen molar-refractivity contribution in [2.45, 2.75) is 29.5 Å². The summed E-state index contributed by atoms with van der Waals surface area (Å²) in [4.78, 5) is 22.7. The highest BCUT2D eigenvalue weighted by atomic mass is 32.2. The van der Waals surface area contributed by atoms with Gasteiger partial charge in [0.2, 0.25) is 5.91 Å². The highest BCUT2D eigenvalue weighted by molar-refractivity contribution is 7.90. The van der Waals surface area contributed by atoms with Gasteiger partial charge in [-0.15, -0.1) is 0 Å². The molecule has 15 heteroatoms. The summed E-state index contributed by atoms with van der Waals surface area (Å²) < 4.78 is 56.1. The highest BCUT2D eigenvalue weighted by Gasteiger charge is 2.40. The maximum absolute atomic E-state index is 13.5. The molecule has 0 unspecified atom stereocenters. The van der Waals surface area contributed by atoms with Crippen LogP contribution in [0.2, 0.25) is 0 Å². The van der Waals surface area contributed by atoms with Gasteiger partial charge < -0.3 is 32.0 Å². The molecule has 230 valence electrons. The number of halogens is 3. The summed E-state index contributed by atoms with van der Waals surface area (Å²) >= 11 is 0. The number of carboxylic acids is 1. The summed E-state index contributed by atoms with van der Waals surface area (Å²) in [6.07, 6.45) is -2.77. The fourth-order valence-corrected chi connectivity index (χ4v) is 5.28. The minimum absolute atomic E-state index is 0.0139. The fraction of sp³-hybridized carbons (Fsp3) is 0.250. The van der Waals surface area contributed by atoms with Crippen molar-refractivity contribution < 1.29 is 41.5 Å². The van der Waals surface area contributed by atoms with Crippen molar-refractivity contribution in [3.63, 3.8) is 0 Å². The summed E-state index contributed by atoms with van der Waals surface area (Å²) in [5, 5.41) is 28.8. The number of amidine groups is 1. The van der Waals surface area contributed by atoms with E-state index in [4.69, 9.17) is 20.8 Å². The van der Waals surface area contributed by atoms with Crippen LogP contribution in [0, 0.1) is 0 Å². The Morgan fingerprint density at radius 2 is 1.58 bits per heavy atom. The molecule has 7 N–H and O–H groups in total. The molecule has 1 amide bonds. The third kappa shape index (κ3) is 8.68. The van der Waals surface area contributed by atoms with E-state index in [0.717, 1.165) is 5.56 Å². The lowest BCUT2D eigenvalue weighted by molar-refractivity contribution is -0.192. The lowest BCUT2D eigenvalue weighted by Crippen LogP contribution is -2.55. The van der Waals surface area contributed by atoms with Crippen molar-refractivity contribution in [2.75, 3.05) is 30.0 Å². The molecule has 3 aromatic carbocycles. The Labute approximate surface area is 245 Å². The van der Waals surface area contributed by atoms with Crippen molar-refractivity contribution >= 4 is 38.9 Å². The van der Waals surface area contributed by atoms with Crippen molar-refractivity contribution in [3.8, 4) is 11.1 Å². The van der Waals surface area contributed by atoms with Gasteiger partial charge in [0.15, 0.2) is 15.7 Å². The van der Waals surface area contributed by atoms with E-state index in [2.05, 4.69) is 21.1 Å². The summed E-state index contributed by atoms with van der Waals surface area (Å²) in [6.45, 7) is 1.34. The number of aliphatic carboxylic acids is 1. The Morgan fingerprint density at radius 3 is 2.14 bits per heavy atom. The number of rotatable bonds is 7. The maximum Gasteiger partial charge on any atom is 0.490 e. The molecule has 1 aliphatic rings. The Bertz CT molecular complexity index is 1590. The molecule has 0 aliphatic carbocycles. The van der Waals surface area contributed by atoms with Crippen LogP contribution >= 0.6 is 0 Å². The molecule has 0 radical (unpaired) electrons. The number of carbonyl (C=O) groups excluding carboxylic acids is 1. The summed E-state index contributed by atoms with van der Waals surface area (Å²) in [5.41, 5.74) is 8.04. The average molecular weight is 622 g/mol. The number of nitrogens with zero attached hydrogens (tertiary/aromatic N) is 1. The lowest BCUT2D eigenvalue weighted by Gasteiger charge is -2.38. The van der Waals surface area contributed by atoms with Crippen LogP contribution in [0.4, 0.5) is 24.5 Å². The van der Waals surface area contributed by atoms with Gasteiger partial charge in [0.1, 0.15) is 5.54 Å². The molecular weight excluding hydrogens is 591 g/mol. The quantitative estimate of drug-likeness (QED) is 0.0992. The van der Waals surface area contributed by atoms with E-state index in [1.54, 1.807) is 66.7 Å². The van der Waals surface area contributed by atoms with Crippen molar-refractivity contribution in [1.29, 1.82) is 0 Å². The first-order chi connectivity index (χ1) is 20.2. The second kappa shape index (κ2) is 13.6. The lowest BCUT2D eigenvalue weighted by atomic mass is 9.86. The molecule has 0 spiro atoms. The number of alkyl halides is 3. The third-order valence-electron chi connectivity index (χ3n) is 6.52. The van der Waals surface area contributed by atoms with E-state index in [0.29, 0.717) is 48.4 Å². The monoisotopic (exact) mass is 621 g/mol. The van der Waals surface area contributed by atoms with E-state index in [1.165, 1.54) is 6.26 Å². The van der Waals surface area contributed by atoms with Crippen molar-refractivity contribution in [3.05, 3.63) is 78.4 Å². The number of hydrogen-bond acceptors (Lipinski definition) is 8. The van der Waals surface area contributed by atoms with Gasteiger partial charge in [0.05, 0.1) is 4.90 Å². The van der Waals surface area contributed by atoms with Crippen LogP contribution < -0.4 is 21.7 Å². The number of nitrogens with one attached hydrogen (secondary N) is 3. The standard InChI is InChI=1S/C26H29N5O4S.C2HF3O2/c1-36(34,35)23-8-3-2-7-22(23)18-9-11-20(12-10-18)29-25(32)26(13-15-28-16-14-26)30-21-6-4-5-19(17-21)24(27)31-33;3-2(4,5)1(6)7/h2-12,17,28,30,33H,13-16H2,1H3,(H2,27,31)(H,29,32);(H,6,7). The molecule has 0 saturated carbocycles. The average Bonchev–Trinajstić information content (AvgIpc) is 2.97. The Hall–Kier alpha value is -4.63. The molecule has 3 aromatic rings. The zero-order valence-corrected chi connectivity index (χ0v) is 23.7. The van der Waals surface area contributed by atoms with Gasteiger partial charge in [-0.3, -0.25) is 4.79 Å².